The molecule has 3 heteroatoms. The first-order chi connectivity index (χ1) is 8.29. The van der Waals surface area contributed by atoms with Crippen LogP contribution in [0.15, 0.2) is 47.1 Å². The molecule has 0 bridgehead atoms. The van der Waals surface area contributed by atoms with E-state index in [1.54, 1.807) is 6.26 Å². The molecule has 0 saturated heterocycles. The van der Waals surface area contributed by atoms with Gasteiger partial charge in [-0.05, 0) is 42.8 Å². The van der Waals surface area contributed by atoms with Crippen molar-refractivity contribution in [3.05, 3.63) is 54.0 Å². The van der Waals surface area contributed by atoms with Crippen LogP contribution in [0.2, 0.25) is 0 Å². The van der Waals surface area contributed by atoms with Crippen molar-refractivity contribution < 1.29 is 4.42 Å². The second kappa shape index (κ2) is 5.55. The van der Waals surface area contributed by atoms with Crippen LogP contribution in [0.3, 0.4) is 0 Å². The average Bonchev–Trinajstić information content (AvgIpc) is 2.83. The zero-order chi connectivity index (χ0) is 12.1. The highest BCUT2D eigenvalue weighted by Crippen LogP contribution is 2.16. The number of furan rings is 1. The first-order valence-corrected chi connectivity index (χ1v) is 5.82. The zero-order valence-corrected chi connectivity index (χ0v) is 10.1. The Morgan fingerprint density at radius 3 is 2.53 bits per heavy atom. The van der Waals surface area contributed by atoms with Crippen molar-refractivity contribution in [1.29, 1.82) is 0 Å². The third-order valence-electron chi connectivity index (χ3n) is 2.78. The summed E-state index contributed by atoms with van der Waals surface area (Å²) in [6, 6.07) is 12.4. The predicted octanol–water partition coefficient (Wildman–Crippen LogP) is 2.42. The van der Waals surface area contributed by atoms with E-state index in [1.165, 1.54) is 11.3 Å². The number of hydrogen-bond acceptors (Lipinski definition) is 3. The smallest absolute Gasteiger partial charge is 0.123 e. The van der Waals surface area contributed by atoms with Crippen molar-refractivity contribution in [2.45, 2.75) is 13.0 Å². The number of benzene rings is 1. The fraction of sp³-hybridized carbons (Fsp3) is 0.286. The standard InChI is InChI=1S/C14H18N2O/c1-16(11-14-3-2-10-17-14)13-6-4-12(5-7-13)8-9-15/h2-7,10H,8-9,11,15H2,1H3. The Labute approximate surface area is 102 Å². The minimum atomic E-state index is 0.696. The Kier molecular flexibility index (Phi) is 3.83. The molecule has 1 heterocycles. The van der Waals surface area contributed by atoms with E-state index in [2.05, 4.69) is 36.2 Å². The van der Waals surface area contributed by atoms with Gasteiger partial charge in [0, 0.05) is 12.7 Å². The SMILES string of the molecule is CN(Cc1ccco1)c1ccc(CCN)cc1. The summed E-state index contributed by atoms with van der Waals surface area (Å²) in [5.41, 5.74) is 7.99. The molecule has 3 nitrogen and oxygen atoms in total. The Bertz CT molecular complexity index is 434. The largest absolute Gasteiger partial charge is 0.467 e. The third kappa shape index (κ3) is 3.11. The molecule has 0 radical (unpaired) electrons. The molecule has 2 aromatic rings. The quantitative estimate of drug-likeness (QED) is 0.857. The summed E-state index contributed by atoms with van der Waals surface area (Å²) in [6.45, 7) is 1.48. The van der Waals surface area contributed by atoms with E-state index in [4.69, 9.17) is 10.2 Å². The van der Waals surface area contributed by atoms with Gasteiger partial charge in [-0.2, -0.15) is 0 Å². The first-order valence-electron chi connectivity index (χ1n) is 5.82. The van der Waals surface area contributed by atoms with E-state index >= 15 is 0 Å². The lowest BCUT2D eigenvalue weighted by molar-refractivity contribution is 0.507. The van der Waals surface area contributed by atoms with Crippen molar-refractivity contribution in [2.24, 2.45) is 5.73 Å². The van der Waals surface area contributed by atoms with Crippen LogP contribution in [0.4, 0.5) is 5.69 Å². The van der Waals surface area contributed by atoms with Crippen LogP contribution in [-0.4, -0.2) is 13.6 Å². The molecule has 0 fully saturated rings. The number of rotatable bonds is 5. The molecular formula is C14H18N2O. The number of anilines is 1. The lowest BCUT2D eigenvalue weighted by atomic mass is 10.1. The molecule has 0 aliphatic carbocycles. The van der Waals surface area contributed by atoms with Crippen molar-refractivity contribution in [3.63, 3.8) is 0 Å². The Morgan fingerprint density at radius 2 is 1.94 bits per heavy atom. The maximum atomic E-state index is 5.53. The van der Waals surface area contributed by atoms with Crippen LogP contribution in [0.25, 0.3) is 0 Å². The van der Waals surface area contributed by atoms with Gasteiger partial charge in [0.15, 0.2) is 0 Å². The van der Waals surface area contributed by atoms with Crippen LogP contribution in [0.5, 0.6) is 0 Å². The van der Waals surface area contributed by atoms with E-state index < -0.39 is 0 Å². The van der Waals surface area contributed by atoms with Crippen molar-refractivity contribution in [2.75, 3.05) is 18.5 Å². The van der Waals surface area contributed by atoms with Crippen LogP contribution < -0.4 is 10.6 Å². The summed E-state index contributed by atoms with van der Waals surface area (Å²) < 4.78 is 5.33. The molecule has 0 amide bonds. The molecule has 2 N–H and O–H groups in total. The summed E-state index contributed by atoms with van der Waals surface area (Å²) >= 11 is 0. The van der Waals surface area contributed by atoms with Crippen LogP contribution in [0.1, 0.15) is 11.3 Å². The van der Waals surface area contributed by atoms with E-state index in [0.29, 0.717) is 6.54 Å². The van der Waals surface area contributed by atoms with Gasteiger partial charge in [-0.15, -0.1) is 0 Å². The fourth-order valence-electron chi connectivity index (χ4n) is 1.81. The fourth-order valence-corrected chi connectivity index (χ4v) is 1.81. The van der Waals surface area contributed by atoms with Gasteiger partial charge in [-0.3, -0.25) is 0 Å². The van der Waals surface area contributed by atoms with Gasteiger partial charge in [-0.1, -0.05) is 12.1 Å². The maximum absolute atomic E-state index is 5.53. The van der Waals surface area contributed by atoms with Gasteiger partial charge in [0.2, 0.25) is 0 Å². The van der Waals surface area contributed by atoms with Crippen molar-refractivity contribution in [3.8, 4) is 0 Å². The minimum absolute atomic E-state index is 0.696. The second-order valence-corrected chi connectivity index (χ2v) is 4.14. The van der Waals surface area contributed by atoms with Gasteiger partial charge >= 0.3 is 0 Å². The van der Waals surface area contributed by atoms with Gasteiger partial charge < -0.3 is 15.1 Å². The molecule has 0 atom stereocenters. The highest BCUT2D eigenvalue weighted by molar-refractivity contribution is 5.47. The molecule has 0 saturated carbocycles. The van der Waals surface area contributed by atoms with Crippen LogP contribution >= 0.6 is 0 Å². The molecule has 0 aliphatic heterocycles. The third-order valence-corrected chi connectivity index (χ3v) is 2.78. The highest BCUT2D eigenvalue weighted by atomic mass is 16.3. The summed E-state index contributed by atoms with van der Waals surface area (Å²) in [4.78, 5) is 2.16. The van der Waals surface area contributed by atoms with E-state index in [1.807, 2.05) is 12.1 Å². The van der Waals surface area contributed by atoms with E-state index in [-0.39, 0.29) is 0 Å². The molecule has 0 aliphatic rings. The van der Waals surface area contributed by atoms with E-state index in [0.717, 1.165) is 18.7 Å². The summed E-state index contributed by atoms with van der Waals surface area (Å²) in [7, 11) is 2.06. The predicted molar refractivity (Wildman–Crippen MR) is 70.0 cm³/mol. The average molecular weight is 230 g/mol. The summed E-state index contributed by atoms with van der Waals surface area (Å²) in [5.74, 6) is 0.971. The zero-order valence-electron chi connectivity index (χ0n) is 10.1. The Balaban J connectivity index is 2.01. The van der Waals surface area contributed by atoms with Crippen molar-refractivity contribution >= 4 is 5.69 Å². The Morgan fingerprint density at radius 1 is 1.18 bits per heavy atom. The molecule has 17 heavy (non-hydrogen) atoms. The molecule has 0 spiro atoms. The topological polar surface area (TPSA) is 42.4 Å². The maximum Gasteiger partial charge on any atom is 0.123 e. The van der Waals surface area contributed by atoms with Gasteiger partial charge in [-0.25, -0.2) is 0 Å². The summed E-state index contributed by atoms with van der Waals surface area (Å²) in [5, 5.41) is 0. The lowest BCUT2D eigenvalue weighted by Gasteiger charge is -2.18. The molecule has 0 unspecified atom stereocenters. The number of nitrogens with zero attached hydrogens (tertiary/aromatic N) is 1. The van der Waals surface area contributed by atoms with Gasteiger partial charge in [0.05, 0.1) is 12.8 Å². The number of hydrogen-bond donors (Lipinski definition) is 1. The highest BCUT2D eigenvalue weighted by Gasteiger charge is 2.03. The molecule has 1 aromatic carbocycles. The monoisotopic (exact) mass is 230 g/mol. The normalized spacial score (nSPS) is 10.5. The molecule has 2 rings (SSSR count). The number of nitrogens with two attached hydrogens (primary N) is 1. The van der Waals surface area contributed by atoms with Crippen LogP contribution in [0, 0.1) is 0 Å². The van der Waals surface area contributed by atoms with Crippen molar-refractivity contribution in [1.82, 2.24) is 0 Å². The van der Waals surface area contributed by atoms with Gasteiger partial charge in [0.25, 0.3) is 0 Å². The lowest BCUT2D eigenvalue weighted by Crippen LogP contribution is -2.15. The summed E-state index contributed by atoms with van der Waals surface area (Å²) in [6.07, 6.45) is 2.63. The minimum Gasteiger partial charge on any atom is -0.467 e. The first kappa shape index (κ1) is 11.7. The van der Waals surface area contributed by atoms with E-state index in [9.17, 15) is 0 Å². The van der Waals surface area contributed by atoms with Crippen LogP contribution in [-0.2, 0) is 13.0 Å². The molecule has 1 aromatic heterocycles. The Hall–Kier alpha value is -1.74. The second-order valence-electron chi connectivity index (χ2n) is 4.14. The molecule has 90 valence electrons. The molecular weight excluding hydrogens is 212 g/mol. The van der Waals surface area contributed by atoms with Gasteiger partial charge in [0.1, 0.15) is 5.76 Å².